The molecule has 2 aliphatic carbocycles. The summed E-state index contributed by atoms with van der Waals surface area (Å²) in [6.45, 7) is 3.06. The van der Waals surface area contributed by atoms with Crippen LogP contribution in [0.1, 0.15) is 31.4 Å². The van der Waals surface area contributed by atoms with Crippen molar-refractivity contribution in [3.8, 4) is 0 Å². The minimum atomic E-state index is 0.892. The maximum Gasteiger partial charge on any atom is 0.148 e. The van der Waals surface area contributed by atoms with Crippen molar-refractivity contribution < 1.29 is 0 Å². The zero-order valence-corrected chi connectivity index (χ0v) is 9.82. The molecule has 0 aliphatic heterocycles. The molecule has 2 fully saturated rings. The van der Waals surface area contributed by atoms with E-state index in [1.54, 1.807) is 0 Å². The summed E-state index contributed by atoms with van der Waals surface area (Å²) in [5, 5.41) is 11.7. The molecule has 0 radical (unpaired) electrons. The van der Waals surface area contributed by atoms with Gasteiger partial charge >= 0.3 is 0 Å². The largest absolute Gasteiger partial charge is 0.368 e. The van der Waals surface area contributed by atoms with Crippen molar-refractivity contribution in [2.24, 2.45) is 17.8 Å². The van der Waals surface area contributed by atoms with Gasteiger partial charge < -0.3 is 5.32 Å². The van der Waals surface area contributed by atoms with Gasteiger partial charge in [-0.3, -0.25) is 0 Å². The zero-order chi connectivity index (χ0) is 11.0. The lowest BCUT2D eigenvalue weighted by molar-refractivity contribution is 0.427. The van der Waals surface area contributed by atoms with Crippen LogP contribution in [0.15, 0.2) is 12.1 Å². The average Bonchev–Trinajstić information content (AvgIpc) is 3.15. The van der Waals surface area contributed by atoms with Gasteiger partial charge in [-0.1, -0.05) is 0 Å². The second kappa shape index (κ2) is 4.04. The van der Waals surface area contributed by atoms with Crippen LogP contribution in [0.4, 0.5) is 5.82 Å². The van der Waals surface area contributed by atoms with E-state index in [1.165, 1.54) is 25.7 Å². The molecule has 0 unspecified atom stereocenters. The van der Waals surface area contributed by atoms with E-state index in [0.29, 0.717) is 0 Å². The van der Waals surface area contributed by atoms with Crippen LogP contribution in [0.5, 0.6) is 0 Å². The molecular formula is C13H19N3. The van der Waals surface area contributed by atoms with Gasteiger partial charge in [-0.25, -0.2) is 0 Å². The molecule has 1 heterocycles. The molecular weight excluding hydrogens is 198 g/mol. The Morgan fingerprint density at radius 2 is 1.88 bits per heavy atom. The van der Waals surface area contributed by atoms with Gasteiger partial charge in [0.05, 0.1) is 5.69 Å². The Labute approximate surface area is 96.7 Å². The molecule has 0 bridgehead atoms. The van der Waals surface area contributed by atoms with Gasteiger partial charge in [-0.2, -0.15) is 5.10 Å². The van der Waals surface area contributed by atoms with E-state index in [-0.39, 0.29) is 0 Å². The second-order valence-corrected chi connectivity index (χ2v) is 5.28. The highest BCUT2D eigenvalue weighted by atomic mass is 15.2. The summed E-state index contributed by atoms with van der Waals surface area (Å²) in [5.74, 6) is 3.82. The molecule has 3 heteroatoms. The van der Waals surface area contributed by atoms with E-state index in [2.05, 4.69) is 15.5 Å². The van der Waals surface area contributed by atoms with Crippen molar-refractivity contribution in [1.29, 1.82) is 0 Å². The van der Waals surface area contributed by atoms with Crippen molar-refractivity contribution in [2.75, 3.05) is 11.9 Å². The Morgan fingerprint density at radius 3 is 2.38 bits per heavy atom. The van der Waals surface area contributed by atoms with Gasteiger partial charge in [-0.05, 0) is 62.5 Å². The van der Waals surface area contributed by atoms with Gasteiger partial charge in [0.25, 0.3) is 0 Å². The Kier molecular flexibility index (Phi) is 2.54. The highest BCUT2D eigenvalue weighted by Crippen LogP contribution is 2.49. The van der Waals surface area contributed by atoms with Crippen molar-refractivity contribution in [3.05, 3.63) is 17.8 Å². The molecule has 2 saturated carbocycles. The molecule has 16 heavy (non-hydrogen) atoms. The molecule has 0 saturated heterocycles. The first kappa shape index (κ1) is 10.1. The second-order valence-electron chi connectivity index (χ2n) is 5.28. The van der Waals surface area contributed by atoms with Crippen molar-refractivity contribution >= 4 is 5.82 Å². The van der Waals surface area contributed by atoms with Gasteiger partial charge in [-0.15, -0.1) is 5.10 Å². The van der Waals surface area contributed by atoms with Gasteiger partial charge in [0.1, 0.15) is 5.82 Å². The van der Waals surface area contributed by atoms with E-state index in [0.717, 1.165) is 35.8 Å². The summed E-state index contributed by atoms with van der Waals surface area (Å²) in [6, 6.07) is 4.04. The summed E-state index contributed by atoms with van der Waals surface area (Å²) in [4.78, 5) is 0. The molecule has 3 rings (SSSR count). The Bertz CT molecular complexity index is 340. The van der Waals surface area contributed by atoms with Crippen molar-refractivity contribution in [2.45, 2.75) is 32.6 Å². The third-order valence-electron chi connectivity index (χ3n) is 3.77. The highest BCUT2D eigenvalue weighted by molar-refractivity contribution is 5.32. The van der Waals surface area contributed by atoms with E-state index in [4.69, 9.17) is 0 Å². The summed E-state index contributed by atoms with van der Waals surface area (Å²) in [6.07, 6.45) is 5.79. The molecule has 1 N–H and O–H groups in total. The molecule has 0 atom stereocenters. The normalized spacial score (nSPS) is 20.1. The van der Waals surface area contributed by atoms with Gasteiger partial charge in [0.2, 0.25) is 0 Å². The van der Waals surface area contributed by atoms with Crippen molar-refractivity contribution in [1.82, 2.24) is 10.2 Å². The molecule has 0 aromatic carbocycles. The SMILES string of the molecule is Cc1ccc(NCC(C2CC2)C2CC2)nn1. The number of hydrogen-bond donors (Lipinski definition) is 1. The predicted molar refractivity (Wildman–Crippen MR) is 64.2 cm³/mol. The number of anilines is 1. The quantitative estimate of drug-likeness (QED) is 0.824. The van der Waals surface area contributed by atoms with Crippen LogP contribution in [0.3, 0.4) is 0 Å². The molecule has 86 valence electrons. The summed E-state index contributed by atoms with van der Waals surface area (Å²) in [5.41, 5.74) is 0.978. The molecule has 2 aliphatic rings. The zero-order valence-electron chi connectivity index (χ0n) is 9.82. The smallest absolute Gasteiger partial charge is 0.148 e. The van der Waals surface area contributed by atoms with Crippen LogP contribution in [-0.2, 0) is 0 Å². The topological polar surface area (TPSA) is 37.8 Å². The molecule has 0 amide bonds. The van der Waals surface area contributed by atoms with Crippen LogP contribution >= 0.6 is 0 Å². The van der Waals surface area contributed by atoms with E-state index in [1.807, 2.05) is 19.1 Å². The number of nitrogens with one attached hydrogen (secondary N) is 1. The van der Waals surface area contributed by atoms with Crippen LogP contribution in [-0.4, -0.2) is 16.7 Å². The number of hydrogen-bond acceptors (Lipinski definition) is 3. The van der Waals surface area contributed by atoms with Crippen LogP contribution in [0.2, 0.25) is 0 Å². The number of aryl methyl sites for hydroxylation is 1. The van der Waals surface area contributed by atoms with E-state index < -0.39 is 0 Å². The van der Waals surface area contributed by atoms with Crippen LogP contribution in [0.25, 0.3) is 0 Å². The third kappa shape index (κ3) is 2.34. The van der Waals surface area contributed by atoms with Gasteiger partial charge in [0, 0.05) is 6.54 Å². The molecule has 3 nitrogen and oxygen atoms in total. The van der Waals surface area contributed by atoms with Gasteiger partial charge in [0.15, 0.2) is 0 Å². The van der Waals surface area contributed by atoms with Crippen molar-refractivity contribution in [3.63, 3.8) is 0 Å². The standard InChI is InChI=1S/C13H19N3/c1-9-2-7-13(16-15-9)14-8-12(10-3-4-10)11-5-6-11/h2,7,10-12H,3-6,8H2,1H3,(H,14,16). The fourth-order valence-corrected chi connectivity index (χ4v) is 2.48. The maximum absolute atomic E-state index is 4.15. The maximum atomic E-state index is 4.15. The minimum Gasteiger partial charge on any atom is -0.368 e. The first-order chi connectivity index (χ1) is 7.83. The average molecular weight is 217 g/mol. The summed E-state index contributed by atoms with van der Waals surface area (Å²) in [7, 11) is 0. The highest BCUT2D eigenvalue weighted by Gasteiger charge is 2.40. The third-order valence-corrected chi connectivity index (χ3v) is 3.77. The lowest BCUT2D eigenvalue weighted by Crippen LogP contribution is -2.18. The monoisotopic (exact) mass is 217 g/mol. The number of nitrogens with zero attached hydrogens (tertiary/aromatic N) is 2. The Morgan fingerprint density at radius 1 is 1.19 bits per heavy atom. The van der Waals surface area contributed by atoms with E-state index in [9.17, 15) is 0 Å². The first-order valence-electron chi connectivity index (χ1n) is 6.37. The van der Waals surface area contributed by atoms with Crippen LogP contribution < -0.4 is 5.32 Å². The van der Waals surface area contributed by atoms with E-state index >= 15 is 0 Å². The Hall–Kier alpha value is -1.12. The minimum absolute atomic E-state index is 0.892. The molecule has 0 spiro atoms. The number of aromatic nitrogens is 2. The predicted octanol–water partition coefficient (Wildman–Crippen LogP) is 2.63. The molecule has 1 aromatic heterocycles. The first-order valence-corrected chi connectivity index (χ1v) is 6.37. The molecule has 1 aromatic rings. The number of rotatable bonds is 5. The fourth-order valence-electron chi connectivity index (χ4n) is 2.48. The fraction of sp³-hybridized carbons (Fsp3) is 0.692. The Balaban J connectivity index is 1.56. The van der Waals surface area contributed by atoms with Crippen LogP contribution in [0, 0.1) is 24.7 Å². The lowest BCUT2D eigenvalue weighted by Gasteiger charge is -2.16. The summed E-state index contributed by atoms with van der Waals surface area (Å²) >= 11 is 0. The lowest BCUT2D eigenvalue weighted by atomic mass is 9.98. The summed E-state index contributed by atoms with van der Waals surface area (Å²) < 4.78 is 0.